The molecule has 0 heterocycles. The summed E-state index contributed by atoms with van der Waals surface area (Å²) in [6.45, 7) is 0. The predicted molar refractivity (Wildman–Crippen MR) is 47.8 cm³/mol. The fourth-order valence-electron chi connectivity index (χ4n) is 0.698. The van der Waals surface area contributed by atoms with Gasteiger partial charge in [0.2, 0.25) is 0 Å². The third-order valence-corrected chi connectivity index (χ3v) is 1.75. The molecule has 0 saturated heterocycles. The van der Waals surface area contributed by atoms with Crippen LogP contribution >= 0.6 is 22.6 Å². The van der Waals surface area contributed by atoms with Crippen molar-refractivity contribution in [1.82, 2.24) is 0 Å². The first-order chi connectivity index (χ1) is 5.09. The van der Waals surface area contributed by atoms with Crippen molar-refractivity contribution >= 4 is 28.6 Å². The van der Waals surface area contributed by atoms with Gasteiger partial charge in [-0.3, -0.25) is 0 Å². The Morgan fingerprint density at radius 1 is 1.36 bits per heavy atom. The molecule has 0 fully saturated rings. The van der Waals surface area contributed by atoms with Gasteiger partial charge in [-0.05, 0) is 40.8 Å². The quantitative estimate of drug-likeness (QED) is 0.759. The van der Waals surface area contributed by atoms with E-state index >= 15 is 0 Å². The number of phenolic OH excluding ortho intramolecular Hbond substituents is 1. The minimum Gasteiger partial charge on any atom is -0.508 e. The number of phenols is 1. The standard InChI is InChI=1S/C7H5IO3/c8-5-1-4(7(10)11)2-6(9)3-5/h1-3,9H,(H,10,11). The van der Waals surface area contributed by atoms with Gasteiger partial charge in [-0.1, -0.05) is 0 Å². The number of hydrogen-bond donors (Lipinski definition) is 2. The first-order valence-electron chi connectivity index (χ1n) is 2.82. The summed E-state index contributed by atoms with van der Waals surface area (Å²) >= 11 is 1.94. The maximum atomic E-state index is 10.4. The monoisotopic (exact) mass is 264 g/mol. The molecule has 0 aliphatic rings. The molecule has 2 N–H and O–H groups in total. The van der Waals surface area contributed by atoms with Crippen LogP contribution in [0.5, 0.6) is 5.75 Å². The first kappa shape index (κ1) is 8.32. The molecule has 0 aliphatic heterocycles. The molecule has 0 aliphatic carbocycles. The molecule has 0 unspecified atom stereocenters. The second-order valence-electron chi connectivity index (χ2n) is 2.00. The highest BCUT2D eigenvalue weighted by atomic mass is 127. The molecule has 1 aromatic rings. The smallest absolute Gasteiger partial charge is 0.335 e. The molecule has 0 amide bonds. The molecule has 0 saturated carbocycles. The van der Waals surface area contributed by atoms with Crippen LogP contribution in [-0.2, 0) is 0 Å². The number of halogens is 1. The molecular weight excluding hydrogens is 259 g/mol. The summed E-state index contributed by atoms with van der Waals surface area (Å²) in [7, 11) is 0. The lowest BCUT2D eigenvalue weighted by Gasteiger charge is -1.96. The van der Waals surface area contributed by atoms with Gasteiger partial charge < -0.3 is 10.2 Å². The number of rotatable bonds is 1. The Kier molecular flexibility index (Phi) is 2.33. The molecule has 1 rings (SSSR count). The molecule has 0 atom stereocenters. The number of carboxylic acids is 1. The van der Waals surface area contributed by atoms with Crippen molar-refractivity contribution in [1.29, 1.82) is 0 Å². The van der Waals surface area contributed by atoms with Crippen LogP contribution in [-0.4, -0.2) is 16.2 Å². The summed E-state index contributed by atoms with van der Waals surface area (Å²) in [5, 5.41) is 17.5. The van der Waals surface area contributed by atoms with Crippen LogP contribution in [0.3, 0.4) is 0 Å². The molecule has 4 heteroatoms. The van der Waals surface area contributed by atoms with E-state index in [2.05, 4.69) is 0 Å². The van der Waals surface area contributed by atoms with Crippen molar-refractivity contribution < 1.29 is 15.0 Å². The van der Waals surface area contributed by atoms with Gasteiger partial charge in [-0.2, -0.15) is 0 Å². The fraction of sp³-hybridized carbons (Fsp3) is 0. The van der Waals surface area contributed by atoms with Crippen molar-refractivity contribution in [3.05, 3.63) is 27.3 Å². The van der Waals surface area contributed by atoms with Crippen LogP contribution in [0.25, 0.3) is 0 Å². The molecule has 1 aromatic carbocycles. The van der Waals surface area contributed by atoms with Crippen LogP contribution in [0.4, 0.5) is 0 Å². The molecule has 11 heavy (non-hydrogen) atoms. The van der Waals surface area contributed by atoms with Gasteiger partial charge >= 0.3 is 5.97 Å². The Morgan fingerprint density at radius 3 is 2.45 bits per heavy atom. The van der Waals surface area contributed by atoms with E-state index in [9.17, 15) is 4.79 Å². The molecule has 58 valence electrons. The number of benzene rings is 1. The van der Waals surface area contributed by atoms with Crippen LogP contribution in [0.2, 0.25) is 0 Å². The second kappa shape index (κ2) is 3.08. The number of carbonyl (C=O) groups is 1. The lowest BCUT2D eigenvalue weighted by atomic mass is 10.2. The normalized spacial score (nSPS) is 9.55. The highest BCUT2D eigenvalue weighted by Gasteiger charge is 2.04. The predicted octanol–water partition coefficient (Wildman–Crippen LogP) is 1.69. The van der Waals surface area contributed by atoms with Gasteiger partial charge in [0.1, 0.15) is 5.75 Å². The van der Waals surface area contributed by atoms with E-state index in [-0.39, 0.29) is 11.3 Å². The average molecular weight is 264 g/mol. The van der Waals surface area contributed by atoms with E-state index in [1.54, 1.807) is 0 Å². The minimum absolute atomic E-state index is 0.0192. The lowest BCUT2D eigenvalue weighted by molar-refractivity contribution is 0.0696. The van der Waals surface area contributed by atoms with E-state index in [1.165, 1.54) is 18.2 Å². The molecule has 0 bridgehead atoms. The Hall–Kier alpha value is -0.780. The largest absolute Gasteiger partial charge is 0.508 e. The number of aromatic hydroxyl groups is 1. The molecular formula is C7H5IO3. The van der Waals surface area contributed by atoms with E-state index in [4.69, 9.17) is 10.2 Å². The van der Waals surface area contributed by atoms with Crippen LogP contribution < -0.4 is 0 Å². The Bertz CT molecular complexity index is 275. The third kappa shape index (κ3) is 2.07. The maximum Gasteiger partial charge on any atom is 0.335 e. The average Bonchev–Trinajstić information content (AvgIpc) is 1.85. The van der Waals surface area contributed by atoms with Crippen molar-refractivity contribution in [3.63, 3.8) is 0 Å². The van der Waals surface area contributed by atoms with Gasteiger partial charge in [0.05, 0.1) is 5.56 Å². The van der Waals surface area contributed by atoms with E-state index < -0.39 is 5.97 Å². The number of hydrogen-bond acceptors (Lipinski definition) is 2. The minimum atomic E-state index is -1.03. The zero-order chi connectivity index (χ0) is 8.43. The number of aromatic carboxylic acids is 1. The highest BCUT2D eigenvalue weighted by molar-refractivity contribution is 14.1. The topological polar surface area (TPSA) is 57.5 Å². The van der Waals surface area contributed by atoms with E-state index in [1.807, 2.05) is 22.6 Å². The first-order valence-corrected chi connectivity index (χ1v) is 3.90. The number of carboxylic acid groups (broad SMARTS) is 1. The molecule has 0 aromatic heterocycles. The summed E-state index contributed by atoms with van der Waals surface area (Å²) in [5.41, 5.74) is 0.106. The van der Waals surface area contributed by atoms with Gasteiger partial charge in [0.25, 0.3) is 0 Å². The summed E-state index contributed by atoms with van der Waals surface area (Å²) in [6.07, 6.45) is 0. The molecule has 3 nitrogen and oxygen atoms in total. The highest BCUT2D eigenvalue weighted by Crippen LogP contribution is 2.16. The van der Waals surface area contributed by atoms with Gasteiger partial charge in [-0.25, -0.2) is 4.79 Å². The maximum absolute atomic E-state index is 10.4. The van der Waals surface area contributed by atoms with E-state index in [0.29, 0.717) is 3.57 Å². The van der Waals surface area contributed by atoms with Crippen LogP contribution in [0.1, 0.15) is 10.4 Å². The van der Waals surface area contributed by atoms with Crippen molar-refractivity contribution in [2.24, 2.45) is 0 Å². The van der Waals surface area contributed by atoms with Gasteiger partial charge in [0, 0.05) is 3.57 Å². The second-order valence-corrected chi connectivity index (χ2v) is 3.25. The Balaban J connectivity index is 3.19. The summed E-state index contributed by atoms with van der Waals surface area (Å²) in [4.78, 5) is 10.4. The van der Waals surface area contributed by atoms with Crippen molar-refractivity contribution in [3.8, 4) is 5.75 Å². The van der Waals surface area contributed by atoms with Crippen molar-refractivity contribution in [2.75, 3.05) is 0 Å². The Labute approximate surface area is 76.8 Å². The van der Waals surface area contributed by atoms with Crippen molar-refractivity contribution in [2.45, 2.75) is 0 Å². The zero-order valence-electron chi connectivity index (χ0n) is 5.41. The summed E-state index contributed by atoms with van der Waals surface area (Å²) < 4.78 is 0.708. The van der Waals surface area contributed by atoms with Crippen LogP contribution in [0.15, 0.2) is 18.2 Å². The molecule has 0 radical (unpaired) electrons. The summed E-state index contributed by atoms with van der Waals surface area (Å²) in [5.74, 6) is -1.05. The zero-order valence-corrected chi connectivity index (χ0v) is 7.57. The lowest BCUT2D eigenvalue weighted by Crippen LogP contribution is -1.95. The van der Waals surface area contributed by atoms with Gasteiger partial charge in [0.15, 0.2) is 0 Å². The van der Waals surface area contributed by atoms with Crippen LogP contribution in [0, 0.1) is 3.57 Å². The fourth-order valence-corrected chi connectivity index (χ4v) is 1.35. The van der Waals surface area contributed by atoms with Gasteiger partial charge in [-0.15, -0.1) is 0 Å². The SMILES string of the molecule is O=C(O)c1cc(O)cc(I)c1. The summed E-state index contributed by atoms with van der Waals surface area (Å²) in [6, 6.07) is 4.19. The van der Waals surface area contributed by atoms with E-state index in [0.717, 1.165) is 0 Å². The Morgan fingerprint density at radius 2 is 2.00 bits per heavy atom. The molecule has 0 spiro atoms. The third-order valence-electron chi connectivity index (χ3n) is 1.13.